The van der Waals surface area contributed by atoms with Crippen LogP contribution in [0.4, 0.5) is 0 Å². The quantitative estimate of drug-likeness (QED) is 0.271. The maximum absolute atomic E-state index is 13.1. The fourth-order valence-electron chi connectivity index (χ4n) is 4.73. The van der Waals surface area contributed by atoms with Gasteiger partial charge in [-0.3, -0.25) is 4.79 Å². The average Bonchev–Trinajstić information content (AvgIpc) is 2.74. The fraction of sp³-hybridized carbons (Fsp3) is 0.107. The summed E-state index contributed by atoms with van der Waals surface area (Å²) in [5.41, 5.74) is 8.65. The SMILES string of the molecule is Cc1cc(C)c(-c2ccc(-n3c4ccccc4c(=O)c4ccccc43)c(Cl)c2)c(C)c1. The summed E-state index contributed by atoms with van der Waals surface area (Å²) in [6, 6.07) is 26.0. The van der Waals surface area contributed by atoms with Crippen LogP contribution < -0.4 is 5.43 Å². The second-order valence-corrected chi connectivity index (χ2v) is 8.55. The van der Waals surface area contributed by atoms with Gasteiger partial charge in [-0.15, -0.1) is 0 Å². The molecule has 0 aliphatic heterocycles. The minimum Gasteiger partial charge on any atom is -0.308 e. The first-order valence-electron chi connectivity index (χ1n) is 10.4. The molecule has 2 nitrogen and oxygen atoms in total. The Hall–Kier alpha value is -3.36. The Kier molecular flexibility index (Phi) is 4.68. The van der Waals surface area contributed by atoms with Crippen molar-refractivity contribution >= 4 is 33.4 Å². The molecule has 0 amide bonds. The first kappa shape index (κ1) is 19.6. The minimum absolute atomic E-state index is 0.0427. The number of hydrogen-bond donors (Lipinski definition) is 0. The third kappa shape index (κ3) is 3.15. The molecule has 0 saturated carbocycles. The number of hydrogen-bond acceptors (Lipinski definition) is 1. The maximum atomic E-state index is 13.1. The van der Waals surface area contributed by atoms with E-state index in [1.807, 2.05) is 54.6 Å². The molecule has 0 bridgehead atoms. The van der Waals surface area contributed by atoms with Gasteiger partial charge >= 0.3 is 0 Å². The van der Waals surface area contributed by atoms with Crippen LogP contribution in [0.5, 0.6) is 0 Å². The normalized spacial score (nSPS) is 11.4. The highest BCUT2D eigenvalue weighted by atomic mass is 35.5. The molecular formula is C28H22ClNO. The summed E-state index contributed by atoms with van der Waals surface area (Å²) in [6.45, 7) is 6.40. The molecule has 31 heavy (non-hydrogen) atoms. The smallest absolute Gasteiger partial charge is 0.197 e. The van der Waals surface area contributed by atoms with Crippen LogP contribution in [-0.2, 0) is 0 Å². The lowest BCUT2D eigenvalue weighted by molar-refractivity contribution is 1.16. The molecule has 0 aliphatic carbocycles. The Balaban J connectivity index is 1.81. The predicted molar refractivity (Wildman–Crippen MR) is 132 cm³/mol. The molecule has 0 spiro atoms. The molecule has 5 aromatic rings. The number of aryl methyl sites for hydroxylation is 3. The zero-order valence-electron chi connectivity index (χ0n) is 17.7. The minimum atomic E-state index is 0.0427. The van der Waals surface area contributed by atoms with Gasteiger partial charge < -0.3 is 4.57 Å². The van der Waals surface area contributed by atoms with Crippen molar-refractivity contribution in [2.45, 2.75) is 20.8 Å². The van der Waals surface area contributed by atoms with Gasteiger partial charge in [0.1, 0.15) is 0 Å². The Morgan fingerprint density at radius 3 is 1.81 bits per heavy atom. The Bertz CT molecular complexity index is 1460. The number of rotatable bonds is 2. The van der Waals surface area contributed by atoms with Crippen LogP contribution in [0.25, 0.3) is 38.6 Å². The van der Waals surface area contributed by atoms with E-state index in [0.717, 1.165) is 22.3 Å². The van der Waals surface area contributed by atoms with E-state index in [1.54, 1.807) is 0 Å². The lowest BCUT2D eigenvalue weighted by Gasteiger charge is -2.18. The summed E-state index contributed by atoms with van der Waals surface area (Å²) in [5.74, 6) is 0. The zero-order valence-corrected chi connectivity index (χ0v) is 18.5. The van der Waals surface area contributed by atoms with E-state index in [4.69, 9.17) is 11.6 Å². The van der Waals surface area contributed by atoms with Gasteiger partial charge in [-0.25, -0.2) is 0 Å². The second kappa shape index (κ2) is 7.40. The van der Waals surface area contributed by atoms with Crippen LogP contribution in [-0.4, -0.2) is 4.57 Å². The average molecular weight is 424 g/mol. The molecular weight excluding hydrogens is 402 g/mol. The van der Waals surface area contributed by atoms with Gasteiger partial charge in [0.25, 0.3) is 0 Å². The molecule has 0 unspecified atom stereocenters. The first-order chi connectivity index (χ1) is 15.0. The van der Waals surface area contributed by atoms with Crippen molar-refractivity contribution in [1.29, 1.82) is 0 Å². The Labute approximate surface area is 186 Å². The number of para-hydroxylation sites is 2. The molecule has 152 valence electrons. The van der Waals surface area contributed by atoms with Crippen LogP contribution in [0, 0.1) is 20.8 Å². The van der Waals surface area contributed by atoms with Crippen molar-refractivity contribution in [3.8, 4) is 16.8 Å². The summed E-state index contributed by atoms with van der Waals surface area (Å²) in [4.78, 5) is 13.1. The van der Waals surface area contributed by atoms with Crippen LogP contribution in [0.3, 0.4) is 0 Å². The van der Waals surface area contributed by atoms with Crippen LogP contribution in [0.2, 0.25) is 5.02 Å². The number of nitrogens with zero attached hydrogens (tertiary/aromatic N) is 1. The number of pyridine rings is 1. The number of benzene rings is 4. The molecule has 0 radical (unpaired) electrons. The van der Waals surface area contributed by atoms with Crippen molar-refractivity contribution in [2.24, 2.45) is 0 Å². The van der Waals surface area contributed by atoms with Crippen molar-refractivity contribution in [2.75, 3.05) is 0 Å². The molecule has 0 N–H and O–H groups in total. The van der Waals surface area contributed by atoms with E-state index in [-0.39, 0.29) is 5.43 Å². The predicted octanol–water partition coefficient (Wildman–Crippen LogP) is 7.39. The summed E-state index contributed by atoms with van der Waals surface area (Å²) >= 11 is 6.89. The van der Waals surface area contributed by atoms with E-state index in [0.29, 0.717) is 15.8 Å². The van der Waals surface area contributed by atoms with E-state index in [9.17, 15) is 4.79 Å². The van der Waals surface area contributed by atoms with E-state index >= 15 is 0 Å². The summed E-state index contributed by atoms with van der Waals surface area (Å²) in [7, 11) is 0. The molecule has 5 rings (SSSR count). The lowest BCUT2D eigenvalue weighted by atomic mass is 9.93. The molecule has 1 aromatic heterocycles. The van der Waals surface area contributed by atoms with Gasteiger partial charge in [0, 0.05) is 10.8 Å². The van der Waals surface area contributed by atoms with Crippen LogP contribution in [0.15, 0.2) is 83.7 Å². The largest absolute Gasteiger partial charge is 0.308 e. The Morgan fingerprint density at radius 2 is 1.26 bits per heavy atom. The maximum Gasteiger partial charge on any atom is 0.197 e. The van der Waals surface area contributed by atoms with E-state index < -0.39 is 0 Å². The highest BCUT2D eigenvalue weighted by Crippen LogP contribution is 2.34. The third-order valence-corrected chi connectivity index (χ3v) is 6.24. The van der Waals surface area contributed by atoms with Gasteiger partial charge in [0.2, 0.25) is 0 Å². The Morgan fingerprint density at radius 1 is 0.710 bits per heavy atom. The van der Waals surface area contributed by atoms with Crippen LogP contribution >= 0.6 is 11.6 Å². The molecule has 0 fully saturated rings. The monoisotopic (exact) mass is 423 g/mol. The molecule has 0 saturated heterocycles. The van der Waals surface area contributed by atoms with Gasteiger partial charge in [-0.2, -0.15) is 0 Å². The van der Waals surface area contributed by atoms with Gasteiger partial charge in [-0.1, -0.05) is 59.6 Å². The summed E-state index contributed by atoms with van der Waals surface area (Å²) < 4.78 is 2.09. The van der Waals surface area contributed by atoms with Gasteiger partial charge in [0.15, 0.2) is 5.43 Å². The lowest BCUT2D eigenvalue weighted by Crippen LogP contribution is -2.10. The third-order valence-electron chi connectivity index (χ3n) is 5.93. The highest BCUT2D eigenvalue weighted by Gasteiger charge is 2.15. The van der Waals surface area contributed by atoms with Crippen LogP contribution in [0.1, 0.15) is 16.7 Å². The standard InChI is InChI=1S/C28H22ClNO/c1-17-14-18(2)27(19(3)15-17)20-12-13-26(23(29)16-20)30-24-10-6-4-8-21(24)28(31)22-9-5-7-11-25(22)30/h4-16H,1-3H3. The van der Waals surface area contributed by atoms with Gasteiger partial charge in [-0.05, 0) is 79.4 Å². The van der Waals surface area contributed by atoms with Gasteiger partial charge in [0.05, 0.1) is 21.7 Å². The van der Waals surface area contributed by atoms with Crippen molar-refractivity contribution in [3.05, 3.63) is 111 Å². The number of halogens is 1. The van der Waals surface area contributed by atoms with Crippen molar-refractivity contribution in [3.63, 3.8) is 0 Å². The second-order valence-electron chi connectivity index (χ2n) is 8.14. The summed E-state index contributed by atoms with van der Waals surface area (Å²) in [5, 5.41) is 2.02. The summed E-state index contributed by atoms with van der Waals surface area (Å²) in [6.07, 6.45) is 0. The molecule has 4 aromatic carbocycles. The van der Waals surface area contributed by atoms with E-state index in [1.165, 1.54) is 22.3 Å². The molecule has 1 heterocycles. The van der Waals surface area contributed by atoms with E-state index in [2.05, 4.69) is 49.6 Å². The molecule has 3 heteroatoms. The fourth-order valence-corrected chi connectivity index (χ4v) is 5.00. The van der Waals surface area contributed by atoms with Crippen molar-refractivity contribution < 1.29 is 0 Å². The number of aromatic nitrogens is 1. The number of fused-ring (bicyclic) bond motifs is 2. The first-order valence-corrected chi connectivity index (χ1v) is 10.7. The zero-order chi connectivity index (χ0) is 21.7. The molecule has 0 aliphatic rings. The molecule has 0 atom stereocenters. The van der Waals surface area contributed by atoms with Crippen molar-refractivity contribution in [1.82, 2.24) is 4.57 Å². The topological polar surface area (TPSA) is 22.0 Å². The highest BCUT2D eigenvalue weighted by molar-refractivity contribution is 6.33.